The van der Waals surface area contributed by atoms with Crippen molar-refractivity contribution < 1.29 is 9.59 Å². The van der Waals surface area contributed by atoms with E-state index in [9.17, 15) is 9.59 Å². The van der Waals surface area contributed by atoms with Gasteiger partial charge in [0.1, 0.15) is 0 Å². The maximum Gasteiger partial charge on any atom is 0.225 e. The Kier molecular flexibility index (Phi) is 9.27. The van der Waals surface area contributed by atoms with Crippen LogP contribution in [0.2, 0.25) is 0 Å². The van der Waals surface area contributed by atoms with E-state index in [2.05, 4.69) is 20.9 Å². The molecule has 3 rings (SSSR count). The van der Waals surface area contributed by atoms with Crippen molar-refractivity contribution in [1.82, 2.24) is 20.9 Å². The zero-order chi connectivity index (χ0) is 21.2. The lowest BCUT2D eigenvalue weighted by atomic mass is 9.87. The first-order valence-electron chi connectivity index (χ1n) is 12.2. The largest absolute Gasteiger partial charge is 0.355 e. The lowest BCUT2D eigenvalue weighted by molar-refractivity contribution is -0.135. The number of carbonyl (C=O) groups excluding carboxylic acids is 2. The van der Waals surface area contributed by atoms with Crippen LogP contribution in [0.1, 0.15) is 77.0 Å². The van der Waals surface area contributed by atoms with Crippen LogP contribution in [0.4, 0.5) is 0 Å². The fourth-order valence-electron chi connectivity index (χ4n) is 5.18. The van der Waals surface area contributed by atoms with Gasteiger partial charge in [-0.25, -0.2) is 0 Å². The van der Waals surface area contributed by atoms with Crippen LogP contribution in [-0.2, 0) is 9.59 Å². The van der Waals surface area contributed by atoms with E-state index in [1.165, 1.54) is 51.4 Å². The maximum absolute atomic E-state index is 12.7. The van der Waals surface area contributed by atoms with Crippen LogP contribution in [0.3, 0.4) is 0 Å². The highest BCUT2D eigenvalue weighted by Crippen LogP contribution is 2.27. The van der Waals surface area contributed by atoms with E-state index in [4.69, 9.17) is 0 Å². The summed E-state index contributed by atoms with van der Waals surface area (Å²) in [6.07, 6.45) is 13.7. The van der Waals surface area contributed by atoms with Gasteiger partial charge in [0.05, 0.1) is 0 Å². The molecule has 170 valence electrons. The minimum absolute atomic E-state index is 0.166. The monoisotopic (exact) mass is 419 g/mol. The number of guanidine groups is 1. The van der Waals surface area contributed by atoms with E-state index in [1.54, 1.807) is 7.05 Å². The van der Waals surface area contributed by atoms with Crippen molar-refractivity contribution in [2.24, 2.45) is 16.8 Å². The summed E-state index contributed by atoms with van der Waals surface area (Å²) in [7, 11) is 1.76. The van der Waals surface area contributed by atoms with E-state index in [0.29, 0.717) is 31.3 Å². The molecular weight excluding hydrogens is 378 g/mol. The molecule has 3 aliphatic rings. The van der Waals surface area contributed by atoms with Gasteiger partial charge in [-0.1, -0.05) is 38.5 Å². The number of hydrogen-bond donors (Lipinski definition) is 3. The molecule has 0 spiro atoms. The lowest BCUT2D eigenvalue weighted by Gasteiger charge is -2.26. The molecule has 1 saturated heterocycles. The van der Waals surface area contributed by atoms with Crippen LogP contribution in [0.25, 0.3) is 0 Å². The molecule has 2 aliphatic carbocycles. The van der Waals surface area contributed by atoms with E-state index in [1.807, 2.05) is 4.90 Å². The van der Waals surface area contributed by atoms with Crippen molar-refractivity contribution in [3.05, 3.63) is 0 Å². The van der Waals surface area contributed by atoms with Crippen LogP contribution < -0.4 is 16.0 Å². The fourth-order valence-corrected chi connectivity index (χ4v) is 5.18. The number of rotatable bonds is 7. The minimum atomic E-state index is 0.166. The van der Waals surface area contributed by atoms with Crippen molar-refractivity contribution in [2.75, 3.05) is 33.2 Å². The first kappa shape index (κ1) is 22.9. The third-order valence-electron chi connectivity index (χ3n) is 6.96. The first-order valence-corrected chi connectivity index (χ1v) is 12.2. The second-order valence-corrected chi connectivity index (χ2v) is 9.31. The average molecular weight is 420 g/mol. The second kappa shape index (κ2) is 12.2. The molecule has 0 aromatic rings. The van der Waals surface area contributed by atoms with E-state index in [-0.39, 0.29) is 17.9 Å². The van der Waals surface area contributed by atoms with Gasteiger partial charge < -0.3 is 20.9 Å². The molecule has 2 amide bonds. The molecule has 7 heteroatoms. The Morgan fingerprint density at radius 2 is 1.57 bits per heavy atom. The molecule has 1 heterocycles. The lowest BCUT2D eigenvalue weighted by Crippen LogP contribution is -2.47. The van der Waals surface area contributed by atoms with Crippen LogP contribution in [-0.4, -0.2) is 61.9 Å². The minimum Gasteiger partial charge on any atom is -0.355 e. The van der Waals surface area contributed by atoms with Crippen LogP contribution >= 0.6 is 0 Å². The molecule has 3 fully saturated rings. The van der Waals surface area contributed by atoms with Crippen molar-refractivity contribution >= 4 is 17.8 Å². The Labute approximate surface area is 181 Å². The number of likely N-dealkylation sites (tertiary alicyclic amines) is 1. The summed E-state index contributed by atoms with van der Waals surface area (Å²) in [6, 6.07) is 0.240. The number of amides is 2. The molecule has 0 radical (unpaired) electrons. The molecule has 0 aromatic carbocycles. The van der Waals surface area contributed by atoms with E-state index >= 15 is 0 Å². The number of hydrogen-bond acceptors (Lipinski definition) is 3. The summed E-state index contributed by atoms with van der Waals surface area (Å²) in [5.41, 5.74) is 0. The maximum atomic E-state index is 12.7. The number of nitrogens with zero attached hydrogens (tertiary/aromatic N) is 2. The van der Waals surface area contributed by atoms with Gasteiger partial charge in [-0.05, 0) is 38.0 Å². The van der Waals surface area contributed by atoms with Gasteiger partial charge in [-0.2, -0.15) is 0 Å². The third kappa shape index (κ3) is 7.17. The van der Waals surface area contributed by atoms with E-state index in [0.717, 1.165) is 38.3 Å². The molecular formula is C23H41N5O2. The van der Waals surface area contributed by atoms with Gasteiger partial charge >= 0.3 is 0 Å². The van der Waals surface area contributed by atoms with Crippen molar-refractivity contribution in [3.63, 3.8) is 0 Å². The Morgan fingerprint density at radius 1 is 0.900 bits per heavy atom. The number of aliphatic imine (C=N–C) groups is 1. The zero-order valence-corrected chi connectivity index (χ0v) is 18.8. The Hall–Kier alpha value is -1.79. The first-order chi connectivity index (χ1) is 14.7. The molecule has 1 unspecified atom stereocenters. The fraction of sp³-hybridized carbons (Fsp3) is 0.870. The summed E-state index contributed by atoms with van der Waals surface area (Å²) in [4.78, 5) is 31.2. The normalized spacial score (nSPS) is 24.0. The second-order valence-electron chi connectivity index (χ2n) is 9.31. The standard InChI is InChI=1S/C23H41N5O2/c1-24-23(26-14-13-25-21(29)16-18-8-4-2-5-9-18)27-20-12-15-28(17-20)22(30)19-10-6-3-7-11-19/h18-20H,2-17H2,1H3,(H,25,29)(H2,24,26,27). The van der Waals surface area contributed by atoms with Crippen LogP contribution in [0.15, 0.2) is 4.99 Å². The molecule has 1 aliphatic heterocycles. The van der Waals surface area contributed by atoms with Crippen molar-refractivity contribution in [2.45, 2.75) is 83.1 Å². The van der Waals surface area contributed by atoms with Crippen molar-refractivity contribution in [1.29, 1.82) is 0 Å². The average Bonchev–Trinajstić information content (AvgIpc) is 3.25. The van der Waals surface area contributed by atoms with Crippen LogP contribution in [0, 0.1) is 11.8 Å². The van der Waals surface area contributed by atoms with Gasteiger partial charge in [-0.15, -0.1) is 0 Å². The highest BCUT2D eigenvalue weighted by atomic mass is 16.2. The SMILES string of the molecule is CN=C(NCCNC(=O)CC1CCCCC1)NC1CCN(C(=O)C2CCCCC2)C1. The molecule has 30 heavy (non-hydrogen) atoms. The Balaban J connectivity index is 1.30. The Bertz CT molecular complexity index is 582. The summed E-state index contributed by atoms with van der Waals surface area (Å²) in [6.45, 7) is 2.84. The number of nitrogens with one attached hydrogen (secondary N) is 3. The summed E-state index contributed by atoms with van der Waals surface area (Å²) in [5, 5.41) is 9.75. The van der Waals surface area contributed by atoms with E-state index < -0.39 is 0 Å². The van der Waals surface area contributed by atoms with Crippen molar-refractivity contribution in [3.8, 4) is 0 Å². The predicted octanol–water partition coefficient (Wildman–Crippen LogP) is 2.42. The zero-order valence-electron chi connectivity index (χ0n) is 18.8. The highest BCUT2D eigenvalue weighted by molar-refractivity contribution is 5.81. The predicted molar refractivity (Wildman–Crippen MR) is 120 cm³/mol. The third-order valence-corrected chi connectivity index (χ3v) is 6.96. The molecule has 7 nitrogen and oxygen atoms in total. The van der Waals surface area contributed by atoms with Gasteiger partial charge in [0.15, 0.2) is 5.96 Å². The smallest absolute Gasteiger partial charge is 0.225 e. The topological polar surface area (TPSA) is 85.8 Å². The molecule has 3 N–H and O–H groups in total. The van der Waals surface area contributed by atoms with Gasteiger partial charge in [0.2, 0.25) is 11.8 Å². The molecule has 2 saturated carbocycles. The molecule has 0 bridgehead atoms. The molecule has 0 aromatic heterocycles. The Morgan fingerprint density at radius 3 is 2.27 bits per heavy atom. The summed E-state index contributed by atoms with van der Waals surface area (Å²) >= 11 is 0. The van der Waals surface area contributed by atoms with Crippen LogP contribution in [0.5, 0.6) is 0 Å². The summed E-state index contributed by atoms with van der Waals surface area (Å²) < 4.78 is 0. The van der Waals surface area contributed by atoms with Gasteiger partial charge in [0.25, 0.3) is 0 Å². The number of carbonyl (C=O) groups is 2. The van der Waals surface area contributed by atoms with Gasteiger partial charge in [0, 0.05) is 51.6 Å². The summed E-state index contributed by atoms with van der Waals surface area (Å²) in [5.74, 6) is 2.07. The molecule has 1 atom stereocenters. The van der Waals surface area contributed by atoms with Gasteiger partial charge in [-0.3, -0.25) is 14.6 Å². The highest BCUT2D eigenvalue weighted by Gasteiger charge is 2.31. The quantitative estimate of drug-likeness (QED) is 0.336.